The van der Waals surface area contributed by atoms with Crippen LogP contribution in [0.2, 0.25) is 5.02 Å². The summed E-state index contributed by atoms with van der Waals surface area (Å²) in [7, 11) is 0. The van der Waals surface area contributed by atoms with Crippen molar-refractivity contribution >= 4 is 17.3 Å². The Balaban J connectivity index is 2.57. The van der Waals surface area contributed by atoms with E-state index in [2.05, 4.69) is 5.32 Å². The van der Waals surface area contributed by atoms with Gasteiger partial charge in [-0.3, -0.25) is 0 Å². The molecule has 1 aromatic rings. The molecule has 0 aromatic heterocycles. The number of rotatable bonds is 3. The van der Waals surface area contributed by atoms with E-state index in [-0.39, 0.29) is 6.04 Å². The maximum Gasteiger partial charge on any atom is 0.0637 e. The van der Waals surface area contributed by atoms with Crippen molar-refractivity contribution in [3.8, 4) is 0 Å². The van der Waals surface area contributed by atoms with Crippen LogP contribution in [0.3, 0.4) is 0 Å². The number of nitrogens with one attached hydrogen (secondary N) is 1. The first-order valence-corrected chi connectivity index (χ1v) is 4.32. The maximum absolute atomic E-state index is 5.90. The smallest absolute Gasteiger partial charge is 0.0637 e. The van der Waals surface area contributed by atoms with E-state index in [9.17, 15) is 0 Å². The van der Waals surface area contributed by atoms with Gasteiger partial charge in [0.05, 0.1) is 10.7 Å². The number of para-hydroxylation sites is 1. The first kappa shape index (κ1) is 9.36. The quantitative estimate of drug-likeness (QED) is 0.755. The molecule has 1 rings (SSSR count). The molecule has 1 unspecified atom stereocenters. The topological polar surface area (TPSA) is 38.0 Å². The van der Waals surface area contributed by atoms with Crippen LogP contribution in [-0.2, 0) is 0 Å². The van der Waals surface area contributed by atoms with Crippen molar-refractivity contribution in [2.75, 3.05) is 11.9 Å². The van der Waals surface area contributed by atoms with Gasteiger partial charge in [-0.2, -0.15) is 0 Å². The molecule has 2 nitrogen and oxygen atoms in total. The molecule has 0 aliphatic carbocycles. The van der Waals surface area contributed by atoms with Gasteiger partial charge in [0.25, 0.3) is 0 Å². The van der Waals surface area contributed by atoms with Crippen molar-refractivity contribution < 1.29 is 0 Å². The molecule has 0 bridgehead atoms. The van der Waals surface area contributed by atoms with E-state index in [4.69, 9.17) is 17.3 Å². The lowest BCUT2D eigenvalue weighted by atomic mass is 10.3. The SMILES string of the molecule is CC(N)CNc1ccccc1Cl. The van der Waals surface area contributed by atoms with Crippen LogP contribution in [0.5, 0.6) is 0 Å². The summed E-state index contributed by atoms with van der Waals surface area (Å²) in [5.74, 6) is 0. The third kappa shape index (κ3) is 2.72. The van der Waals surface area contributed by atoms with Crippen molar-refractivity contribution in [3.63, 3.8) is 0 Å². The Labute approximate surface area is 77.7 Å². The minimum atomic E-state index is 0.140. The molecule has 12 heavy (non-hydrogen) atoms. The van der Waals surface area contributed by atoms with Crippen LogP contribution in [0.15, 0.2) is 24.3 Å². The lowest BCUT2D eigenvalue weighted by molar-refractivity contribution is 0.780. The molecule has 0 saturated heterocycles. The van der Waals surface area contributed by atoms with Crippen LogP contribution in [0, 0.1) is 0 Å². The molecule has 0 aliphatic heterocycles. The summed E-state index contributed by atoms with van der Waals surface area (Å²) < 4.78 is 0. The van der Waals surface area contributed by atoms with Crippen molar-refractivity contribution in [1.82, 2.24) is 0 Å². The highest BCUT2D eigenvalue weighted by Crippen LogP contribution is 2.19. The van der Waals surface area contributed by atoms with Crippen molar-refractivity contribution in [2.45, 2.75) is 13.0 Å². The first-order chi connectivity index (χ1) is 5.70. The van der Waals surface area contributed by atoms with Crippen LogP contribution < -0.4 is 11.1 Å². The van der Waals surface area contributed by atoms with Gasteiger partial charge >= 0.3 is 0 Å². The maximum atomic E-state index is 5.90. The molecule has 0 fully saturated rings. The van der Waals surface area contributed by atoms with Crippen molar-refractivity contribution in [3.05, 3.63) is 29.3 Å². The molecule has 3 heteroatoms. The highest BCUT2D eigenvalue weighted by molar-refractivity contribution is 6.33. The van der Waals surface area contributed by atoms with Gasteiger partial charge in [0, 0.05) is 12.6 Å². The van der Waals surface area contributed by atoms with Crippen LogP contribution >= 0.6 is 11.6 Å². The van der Waals surface area contributed by atoms with Gasteiger partial charge in [-0.15, -0.1) is 0 Å². The number of benzene rings is 1. The molecule has 0 spiro atoms. The highest BCUT2D eigenvalue weighted by Gasteiger charge is 1.98. The standard InChI is InChI=1S/C9H13ClN2/c1-7(11)6-12-9-5-3-2-4-8(9)10/h2-5,7,12H,6,11H2,1H3. The molecule has 0 saturated carbocycles. The lowest BCUT2D eigenvalue weighted by Gasteiger charge is -2.09. The predicted octanol–water partition coefficient (Wildman–Crippen LogP) is 2.10. The first-order valence-electron chi connectivity index (χ1n) is 3.94. The Hall–Kier alpha value is -0.730. The molecule has 0 heterocycles. The van der Waals surface area contributed by atoms with Gasteiger partial charge < -0.3 is 11.1 Å². The zero-order valence-electron chi connectivity index (χ0n) is 7.05. The average Bonchev–Trinajstić information content (AvgIpc) is 2.03. The second kappa shape index (κ2) is 4.33. The fraction of sp³-hybridized carbons (Fsp3) is 0.333. The summed E-state index contributed by atoms with van der Waals surface area (Å²) in [5.41, 5.74) is 6.53. The third-order valence-corrected chi connectivity index (χ3v) is 1.82. The summed E-state index contributed by atoms with van der Waals surface area (Å²) in [6.45, 7) is 2.69. The summed E-state index contributed by atoms with van der Waals surface area (Å²) in [5, 5.41) is 3.89. The van der Waals surface area contributed by atoms with Crippen LogP contribution in [0.4, 0.5) is 5.69 Å². The summed E-state index contributed by atoms with van der Waals surface area (Å²) in [6, 6.07) is 7.77. The van der Waals surface area contributed by atoms with Crippen LogP contribution in [0.25, 0.3) is 0 Å². The number of hydrogen-bond acceptors (Lipinski definition) is 2. The van der Waals surface area contributed by atoms with Gasteiger partial charge in [-0.1, -0.05) is 23.7 Å². The zero-order chi connectivity index (χ0) is 8.97. The van der Waals surface area contributed by atoms with E-state index in [1.54, 1.807) is 0 Å². The van der Waals surface area contributed by atoms with Crippen molar-refractivity contribution in [2.24, 2.45) is 5.73 Å². The second-order valence-electron chi connectivity index (χ2n) is 2.84. The zero-order valence-corrected chi connectivity index (χ0v) is 7.81. The summed E-state index contributed by atoms with van der Waals surface area (Å²) in [6.07, 6.45) is 0. The Morgan fingerprint density at radius 3 is 2.75 bits per heavy atom. The number of hydrogen-bond donors (Lipinski definition) is 2. The normalized spacial score (nSPS) is 12.6. The predicted molar refractivity (Wildman–Crippen MR) is 53.6 cm³/mol. The number of nitrogens with two attached hydrogens (primary N) is 1. The Morgan fingerprint density at radius 2 is 2.17 bits per heavy atom. The molecule has 66 valence electrons. The fourth-order valence-electron chi connectivity index (χ4n) is 0.876. The molecule has 0 aliphatic rings. The second-order valence-corrected chi connectivity index (χ2v) is 3.25. The van der Waals surface area contributed by atoms with Gasteiger partial charge in [0.15, 0.2) is 0 Å². The van der Waals surface area contributed by atoms with E-state index in [1.165, 1.54) is 0 Å². The van der Waals surface area contributed by atoms with Crippen LogP contribution in [-0.4, -0.2) is 12.6 Å². The van der Waals surface area contributed by atoms with Gasteiger partial charge in [-0.05, 0) is 19.1 Å². The minimum Gasteiger partial charge on any atom is -0.382 e. The Morgan fingerprint density at radius 1 is 1.50 bits per heavy atom. The van der Waals surface area contributed by atoms with E-state index in [0.29, 0.717) is 0 Å². The number of halogens is 1. The molecule has 0 radical (unpaired) electrons. The molecule has 1 atom stereocenters. The van der Waals surface area contributed by atoms with E-state index in [0.717, 1.165) is 17.3 Å². The highest BCUT2D eigenvalue weighted by atomic mass is 35.5. The molecular weight excluding hydrogens is 172 g/mol. The molecule has 0 amide bonds. The summed E-state index contributed by atoms with van der Waals surface area (Å²) in [4.78, 5) is 0. The van der Waals surface area contributed by atoms with Gasteiger partial charge in [0.1, 0.15) is 0 Å². The fourth-order valence-corrected chi connectivity index (χ4v) is 1.08. The third-order valence-electron chi connectivity index (χ3n) is 1.49. The van der Waals surface area contributed by atoms with E-state index >= 15 is 0 Å². The molecular formula is C9H13ClN2. The van der Waals surface area contributed by atoms with Gasteiger partial charge in [0.2, 0.25) is 0 Å². The Kier molecular flexibility index (Phi) is 3.38. The van der Waals surface area contributed by atoms with Gasteiger partial charge in [-0.25, -0.2) is 0 Å². The molecule has 3 N–H and O–H groups in total. The number of anilines is 1. The Bertz CT molecular complexity index is 248. The van der Waals surface area contributed by atoms with E-state index in [1.807, 2.05) is 31.2 Å². The van der Waals surface area contributed by atoms with E-state index < -0.39 is 0 Å². The monoisotopic (exact) mass is 184 g/mol. The lowest BCUT2D eigenvalue weighted by Crippen LogP contribution is -2.25. The average molecular weight is 185 g/mol. The minimum absolute atomic E-state index is 0.140. The van der Waals surface area contributed by atoms with Crippen molar-refractivity contribution in [1.29, 1.82) is 0 Å². The molecule has 1 aromatic carbocycles. The van der Waals surface area contributed by atoms with Crippen LogP contribution in [0.1, 0.15) is 6.92 Å². The largest absolute Gasteiger partial charge is 0.382 e. The summed E-state index contributed by atoms with van der Waals surface area (Å²) >= 11 is 5.90.